The van der Waals surface area contributed by atoms with E-state index < -0.39 is 0 Å². The maximum absolute atomic E-state index is 12.6. The fourth-order valence-corrected chi connectivity index (χ4v) is 4.29. The van der Waals surface area contributed by atoms with Crippen molar-refractivity contribution in [3.8, 4) is 22.8 Å². The molecule has 0 aliphatic heterocycles. The van der Waals surface area contributed by atoms with E-state index in [0.29, 0.717) is 16.0 Å². The van der Waals surface area contributed by atoms with Crippen LogP contribution in [0.2, 0.25) is 5.02 Å². The lowest BCUT2D eigenvalue weighted by Gasteiger charge is -2.11. The molecule has 0 saturated heterocycles. The lowest BCUT2D eigenvalue weighted by Crippen LogP contribution is -2.14. The van der Waals surface area contributed by atoms with Crippen LogP contribution in [0, 0.1) is 6.92 Å². The minimum atomic E-state index is -0.126. The number of benzene rings is 3. The molecule has 9 heteroatoms. The topological polar surface area (TPSA) is 69.0 Å². The normalized spacial score (nSPS) is 10.8. The van der Waals surface area contributed by atoms with Crippen molar-refractivity contribution in [3.63, 3.8) is 0 Å². The van der Waals surface area contributed by atoms with Crippen LogP contribution in [-0.2, 0) is 4.79 Å². The zero-order chi connectivity index (χ0) is 23.4. The van der Waals surface area contributed by atoms with Crippen LogP contribution in [0.3, 0.4) is 0 Å². The Hall–Kier alpha value is -2.81. The zero-order valence-electron chi connectivity index (χ0n) is 17.9. The molecule has 0 bridgehead atoms. The van der Waals surface area contributed by atoms with Gasteiger partial charge in [0.05, 0.1) is 12.9 Å². The maximum atomic E-state index is 12.6. The van der Waals surface area contributed by atoms with Crippen molar-refractivity contribution in [2.75, 3.05) is 18.2 Å². The molecule has 3 aromatic carbocycles. The Morgan fingerprint density at radius 1 is 1.09 bits per heavy atom. The third kappa shape index (κ3) is 5.58. The third-order valence-electron chi connectivity index (χ3n) is 4.84. The molecule has 0 radical (unpaired) electrons. The van der Waals surface area contributed by atoms with Crippen LogP contribution in [0.5, 0.6) is 5.75 Å². The van der Waals surface area contributed by atoms with Gasteiger partial charge in [0.25, 0.3) is 0 Å². The molecule has 0 unspecified atom stereocenters. The average Bonchev–Trinajstić information content (AvgIpc) is 3.24. The molecule has 0 atom stereocenters. The van der Waals surface area contributed by atoms with E-state index in [0.717, 1.165) is 32.7 Å². The molecule has 1 heterocycles. The molecule has 4 rings (SSSR count). The predicted octanol–water partition coefficient (Wildman–Crippen LogP) is 6.40. The van der Waals surface area contributed by atoms with E-state index in [1.54, 1.807) is 7.11 Å². The van der Waals surface area contributed by atoms with Crippen molar-refractivity contribution in [2.45, 2.75) is 12.1 Å². The van der Waals surface area contributed by atoms with Gasteiger partial charge in [0.15, 0.2) is 11.0 Å². The number of nitrogens with one attached hydrogen (secondary N) is 1. The second kappa shape index (κ2) is 10.4. The summed E-state index contributed by atoms with van der Waals surface area (Å²) >= 11 is 10.8. The molecule has 0 aliphatic carbocycles. The van der Waals surface area contributed by atoms with Gasteiger partial charge in [-0.1, -0.05) is 39.3 Å². The summed E-state index contributed by atoms with van der Waals surface area (Å²) in [5.41, 5.74) is 3.52. The van der Waals surface area contributed by atoms with E-state index in [4.69, 9.17) is 16.3 Å². The van der Waals surface area contributed by atoms with Crippen LogP contribution in [-0.4, -0.2) is 33.5 Å². The number of methoxy groups -OCH3 is 1. The fourth-order valence-electron chi connectivity index (χ4n) is 3.16. The van der Waals surface area contributed by atoms with E-state index in [-0.39, 0.29) is 11.7 Å². The molecule has 168 valence electrons. The summed E-state index contributed by atoms with van der Waals surface area (Å²) in [6.07, 6.45) is 0. The lowest BCUT2D eigenvalue weighted by atomic mass is 10.2. The highest BCUT2D eigenvalue weighted by Gasteiger charge is 2.18. The van der Waals surface area contributed by atoms with E-state index in [1.165, 1.54) is 11.8 Å². The molecular formula is C24H20BrClN4O2S. The molecule has 1 amide bonds. The predicted molar refractivity (Wildman–Crippen MR) is 137 cm³/mol. The first kappa shape index (κ1) is 23.4. The van der Waals surface area contributed by atoms with E-state index >= 15 is 0 Å². The minimum absolute atomic E-state index is 0.126. The van der Waals surface area contributed by atoms with Crippen LogP contribution >= 0.6 is 39.3 Å². The molecule has 1 aromatic heterocycles. The van der Waals surface area contributed by atoms with E-state index in [9.17, 15) is 4.79 Å². The highest BCUT2D eigenvalue weighted by atomic mass is 79.9. The van der Waals surface area contributed by atoms with Gasteiger partial charge in [-0.25, -0.2) is 0 Å². The smallest absolute Gasteiger partial charge is 0.234 e. The van der Waals surface area contributed by atoms with Gasteiger partial charge in [-0.2, -0.15) is 0 Å². The van der Waals surface area contributed by atoms with Gasteiger partial charge in [-0.15, -0.1) is 10.2 Å². The Bertz CT molecular complexity index is 1280. The monoisotopic (exact) mass is 542 g/mol. The summed E-state index contributed by atoms with van der Waals surface area (Å²) < 4.78 is 8.20. The number of aryl methyl sites for hydroxylation is 1. The van der Waals surface area contributed by atoms with Gasteiger partial charge in [0, 0.05) is 26.4 Å². The molecule has 0 spiro atoms. The Kier molecular flexibility index (Phi) is 7.37. The fraction of sp³-hybridized carbons (Fsp3) is 0.125. The van der Waals surface area contributed by atoms with E-state index in [2.05, 4.69) is 31.4 Å². The van der Waals surface area contributed by atoms with Crippen LogP contribution in [0.15, 0.2) is 76.4 Å². The van der Waals surface area contributed by atoms with Gasteiger partial charge in [0.1, 0.15) is 5.75 Å². The Balaban J connectivity index is 1.59. The molecule has 6 nitrogen and oxygen atoms in total. The summed E-state index contributed by atoms with van der Waals surface area (Å²) in [6, 6.07) is 20.7. The number of ether oxygens (including phenoxy) is 1. The molecule has 1 N–H and O–H groups in total. The zero-order valence-corrected chi connectivity index (χ0v) is 21.0. The number of carbonyl (C=O) groups excluding carboxylic acids is 1. The minimum Gasteiger partial charge on any atom is -0.497 e. The number of hydrogen-bond donors (Lipinski definition) is 1. The summed E-state index contributed by atoms with van der Waals surface area (Å²) in [6.45, 7) is 1.98. The molecular weight excluding hydrogens is 524 g/mol. The number of thioether (sulfide) groups is 1. The number of hydrogen-bond acceptors (Lipinski definition) is 5. The van der Waals surface area contributed by atoms with Crippen LogP contribution in [0.25, 0.3) is 17.1 Å². The van der Waals surface area contributed by atoms with Crippen molar-refractivity contribution in [2.24, 2.45) is 0 Å². The maximum Gasteiger partial charge on any atom is 0.234 e. The van der Waals surface area contributed by atoms with Crippen LogP contribution < -0.4 is 10.1 Å². The van der Waals surface area contributed by atoms with Crippen LogP contribution in [0.4, 0.5) is 5.69 Å². The second-order valence-electron chi connectivity index (χ2n) is 7.15. The molecule has 0 fully saturated rings. The average molecular weight is 544 g/mol. The Morgan fingerprint density at radius 3 is 2.48 bits per heavy atom. The Morgan fingerprint density at radius 2 is 1.82 bits per heavy atom. The Labute approximate surface area is 209 Å². The number of anilines is 1. The van der Waals surface area contributed by atoms with Gasteiger partial charge >= 0.3 is 0 Å². The summed E-state index contributed by atoms with van der Waals surface area (Å²) in [5.74, 6) is 1.46. The first-order chi connectivity index (χ1) is 15.9. The van der Waals surface area contributed by atoms with Crippen molar-refractivity contribution >= 4 is 50.9 Å². The standard InChI is InChI=1S/C24H20BrClN4O2S/c1-15-13-18(7-12-21(15)25)27-22(31)14-33-24-29-28-23(16-3-5-17(26)6-4-16)30(24)19-8-10-20(32-2)11-9-19/h3-13H,14H2,1-2H3,(H,27,31). The molecule has 4 aromatic rings. The highest BCUT2D eigenvalue weighted by Crippen LogP contribution is 2.30. The summed E-state index contributed by atoms with van der Waals surface area (Å²) in [4.78, 5) is 12.6. The van der Waals surface area contributed by atoms with E-state index in [1.807, 2.05) is 78.2 Å². The number of amides is 1. The lowest BCUT2D eigenvalue weighted by molar-refractivity contribution is -0.113. The molecule has 33 heavy (non-hydrogen) atoms. The molecule has 0 saturated carbocycles. The van der Waals surface area contributed by atoms with Crippen molar-refractivity contribution < 1.29 is 9.53 Å². The number of halogens is 2. The number of carbonyl (C=O) groups is 1. The summed E-state index contributed by atoms with van der Waals surface area (Å²) in [5, 5.41) is 12.9. The van der Waals surface area contributed by atoms with Crippen molar-refractivity contribution in [1.29, 1.82) is 0 Å². The van der Waals surface area contributed by atoms with Gasteiger partial charge < -0.3 is 10.1 Å². The third-order valence-corrected chi connectivity index (χ3v) is 6.91. The summed E-state index contributed by atoms with van der Waals surface area (Å²) in [7, 11) is 1.62. The van der Waals surface area contributed by atoms with Crippen LogP contribution in [0.1, 0.15) is 5.56 Å². The van der Waals surface area contributed by atoms with Gasteiger partial charge in [-0.3, -0.25) is 9.36 Å². The first-order valence-electron chi connectivity index (χ1n) is 9.99. The number of nitrogens with zero attached hydrogens (tertiary/aromatic N) is 3. The number of rotatable bonds is 7. The highest BCUT2D eigenvalue weighted by molar-refractivity contribution is 9.10. The SMILES string of the molecule is COc1ccc(-n2c(SCC(=O)Nc3ccc(Br)c(C)c3)nnc2-c2ccc(Cl)cc2)cc1. The molecule has 0 aliphatic rings. The largest absolute Gasteiger partial charge is 0.497 e. The van der Waals surface area contributed by atoms with Crippen molar-refractivity contribution in [1.82, 2.24) is 14.8 Å². The van der Waals surface area contributed by atoms with Gasteiger partial charge in [-0.05, 0) is 79.2 Å². The quantitative estimate of drug-likeness (QED) is 0.273. The number of aromatic nitrogens is 3. The first-order valence-corrected chi connectivity index (χ1v) is 12.1. The van der Waals surface area contributed by atoms with Gasteiger partial charge in [0.2, 0.25) is 5.91 Å². The van der Waals surface area contributed by atoms with Crippen molar-refractivity contribution in [3.05, 3.63) is 81.8 Å². The second-order valence-corrected chi connectivity index (χ2v) is 9.38.